The predicted molar refractivity (Wildman–Crippen MR) is 90.0 cm³/mol. The number of hydrogen-bond acceptors (Lipinski definition) is 5. The van der Waals surface area contributed by atoms with Crippen molar-refractivity contribution in [1.29, 1.82) is 0 Å². The van der Waals surface area contributed by atoms with E-state index in [0.717, 1.165) is 23.5 Å². The van der Waals surface area contributed by atoms with Crippen LogP contribution in [0.1, 0.15) is 43.0 Å². The number of nitrogens with two attached hydrogens (primary N) is 1. The van der Waals surface area contributed by atoms with Crippen LogP contribution in [0.3, 0.4) is 0 Å². The van der Waals surface area contributed by atoms with Gasteiger partial charge in [0.15, 0.2) is 5.82 Å². The van der Waals surface area contributed by atoms with Crippen molar-refractivity contribution in [2.24, 2.45) is 5.73 Å². The minimum absolute atomic E-state index is 0.161. The lowest BCUT2D eigenvalue weighted by Gasteiger charge is -2.18. The summed E-state index contributed by atoms with van der Waals surface area (Å²) in [6, 6.07) is 4.85. The van der Waals surface area contributed by atoms with Crippen molar-refractivity contribution in [2.75, 3.05) is 0 Å². The van der Waals surface area contributed by atoms with Gasteiger partial charge in [-0.05, 0) is 23.8 Å². The van der Waals surface area contributed by atoms with E-state index in [9.17, 15) is 22.8 Å². The Bertz CT molecular complexity index is 969. The first kappa shape index (κ1) is 18.6. The summed E-state index contributed by atoms with van der Waals surface area (Å²) in [6.07, 6.45) is -3.35. The Labute approximate surface area is 154 Å². The first-order chi connectivity index (χ1) is 12.8. The van der Waals surface area contributed by atoms with Crippen molar-refractivity contribution >= 4 is 23.2 Å². The largest absolute Gasteiger partial charge is 0.416 e. The smallest absolute Gasteiger partial charge is 0.366 e. The van der Waals surface area contributed by atoms with Gasteiger partial charge in [0, 0.05) is 5.38 Å². The van der Waals surface area contributed by atoms with Gasteiger partial charge in [-0.3, -0.25) is 14.7 Å². The summed E-state index contributed by atoms with van der Waals surface area (Å²) in [6.45, 7) is 0. The van der Waals surface area contributed by atoms with E-state index in [0.29, 0.717) is 0 Å². The van der Waals surface area contributed by atoms with Gasteiger partial charge < -0.3 is 11.1 Å². The van der Waals surface area contributed by atoms with E-state index in [1.165, 1.54) is 29.9 Å². The van der Waals surface area contributed by atoms with Crippen molar-refractivity contribution in [1.82, 2.24) is 20.5 Å². The highest BCUT2D eigenvalue weighted by atomic mass is 32.1. The Morgan fingerprint density at radius 2 is 2.04 bits per heavy atom. The molecule has 4 N–H and O–H groups in total. The van der Waals surface area contributed by atoms with Crippen molar-refractivity contribution in [2.45, 2.75) is 12.2 Å². The van der Waals surface area contributed by atoms with E-state index in [2.05, 4.69) is 20.5 Å². The summed E-state index contributed by atoms with van der Waals surface area (Å²) < 4.78 is 39.0. The lowest BCUT2D eigenvalue weighted by Crippen LogP contribution is -2.30. The van der Waals surface area contributed by atoms with Gasteiger partial charge in [-0.15, -0.1) is 11.3 Å². The highest BCUT2D eigenvalue weighted by molar-refractivity contribution is 7.12. The zero-order valence-electron chi connectivity index (χ0n) is 13.4. The summed E-state index contributed by atoms with van der Waals surface area (Å²) in [4.78, 5) is 27.8. The van der Waals surface area contributed by atoms with Crippen molar-refractivity contribution in [3.8, 4) is 0 Å². The third kappa shape index (κ3) is 4.14. The average Bonchev–Trinajstić information content (AvgIpc) is 3.30. The minimum atomic E-state index is -4.53. The molecule has 0 aliphatic carbocycles. The normalized spacial score (nSPS) is 12.6. The molecule has 2 heterocycles. The molecule has 0 fully saturated rings. The second-order valence-corrected chi connectivity index (χ2v) is 6.38. The number of aromatic nitrogens is 3. The van der Waals surface area contributed by atoms with Crippen LogP contribution in [-0.4, -0.2) is 27.0 Å². The maximum Gasteiger partial charge on any atom is 0.416 e. The van der Waals surface area contributed by atoms with Crippen molar-refractivity contribution < 1.29 is 22.8 Å². The molecule has 140 valence electrons. The monoisotopic (exact) mass is 395 g/mol. The molecule has 0 radical (unpaired) electrons. The van der Waals surface area contributed by atoms with Gasteiger partial charge in [-0.1, -0.05) is 12.1 Å². The molecule has 1 aromatic carbocycles. The Hall–Kier alpha value is -3.21. The van der Waals surface area contributed by atoms with E-state index >= 15 is 0 Å². The Balaban J connectivity index is 1.93. The van der Waals surface area contributed by atoms with Crippen LogP contribution in [-0.2, 0) is 6.18 Å². The first-order valence-electron chi connectivity index (χ1n) is 7.47. The van der Waals surface area contributed by atoms with Crippen LogP contribution in [0.2, 0.25) is 0 Å². The van der Waals surface area contributed by atoms with E-state index in [1.54, 1.807) is 0 Å². The third-order valence-electron chi connectivity index (χ3n) is 3.64. The number of benzene rings is 1. The molecule has 2 aromatic heterocycles. The van der Waals surface area contributed by atoms with E-state index in [4.69, 9.17) is 5.73 Å². The number of carbonyl (C=O) groups is 2. The van der Waals surface area contributed by atoms with Gasteiger partial charge in [-0.2, -0.15) is 18.3 Å². The summed E-state index contributed by atoms with van der Waals surface area (Å²) in [7, 11) is 0. The second-order valence-electron chi connectivity index (χ2n) is 5.46. The van der Waals surface area contributed by atoms with E-state index < -0.39 is 29.6 Å². The number of nitrogens with one attached hydrogen (secondary N) is 2. The number of hydrogen-bond donors (Lipinski definition) is 3. The molecule has 2 amide bonds. The van der Waals surface area contributed by atoms with Gasteiger partial charge in [-0.25, -0.2) is 4.98 Å². The number of amides is 2. The number of H-pyrrole nitrogens is 1. The maximum atomic E-state index is 13.0. The van der Waals surface area contributed by atoms with Crippen LogP contribution in [0.25, 0.3) is 0 Å². The number of thiophene rings is 1. The fraction of sp³-hybridized carbons (Fsp3) is 0.125. The summed E-state index contributed by atoms with van der Waals surface area (Å²) >= 11 is 0.989. The highest BCUT2D eigenvalue weighted by Crippen LogP contribution is 2.31. The van der Waals surface area contributed by atoms with Gasteiger partial charge in [0.25, 0.3) is 5.91 Å². The molecule has 27 heavy (non-hydrogen) atoms. The zero-order chi connectivity index (χ0) is 19.6. The fourth-order valence-corrected chi connectivity index (χ4v) is 3.14. The molecule has 0 bridgehead atoms. The van der Waals surface area contributed by atoms with Gasteiger partial charge in [0.1, 0.15) is 12.4 Å². The molecule has 3 aromatic rings. The topological polar surface area (TPSA) is 114 Å². The van der Waals surface area contributed by atoms with Crippen LogP contribution in [0, 0.1) is 0 Å². The van der Waals surface area contributed by atoms with E-state index in [1.807, 2.05) is 0 Å². The molecule has 1 unspecified atom stereocenters. The molecular formula is C16H12F3N5O2S. The van der Waals surface area contributed by atoms with E-state index in [-0.39, 0.29) is 21.8 Å². The van der Waals surface area contributed by atoms with Crippen LogP contribution in [0.4, 0.5) is 13.2 Å². The maximum absolute atomic E-state index is 13.0. The Kier molecular flexibility index (Phi) is 4.95. The Morgan fingerprint density at radius 1 is 1.26 bits per heavy atom. The number of nitrogens with zero attached hydrogens (tertiary/aromatic N) is 2. The van der Waals surface area contributed by atoms with Crippen LogP contribution in [0.15, 0.2) is 42.0 Å². The van der Waals surface area contributed by atoms with Crippen molar-refractivity contribution in [3.05, 3.63) is 69.4 Å². The fourth-order valence-electron chi connectivity index (χ4n) is 2.34. The molecule has 0 saturated carbocycles. The average molecular weight is 395 g/mol. The van der Waals surface area contributed by atoms with Gasteiger partial charge in [0.05, 0.1) is 16.0 Å². The first-order valence-corrected chi connectivity index (χ1v) is 8.35. The predicted octanol–water partition coefficient (Wildman–Crippen LogP) is 2.50. The SMILES string of the molecule is NC(=O)c1csc(C(=O)NC(c2cccc(C(F)(F)F)c2)c2ncn[nH]2)c1. The zero-order valence-corrected chi connectivity index (χ0v) is 14.3. The lowest BCUT2D eigenvalue weighted by molar-refractivity contribution is -0.137. The Morgan fingerprint density at radius 3 is 2.63 bits per heavy atom. The van der Waals surface area contributed by atoms with Crippen LogP contribution >= 0.6 is 11.3 Å². The number of aromatic amines is 1. The number of halogens is 3. The summed E-state index contributed by atoms with van der Waals surface area (Å²) in [5, 5.41) is 10.2. The number of alkyl halides is 3. The second kappa shape index (κ2) is 7.19. The lowest BCUT2D eigenvalue weighted by atomic mass is 10.0. The molecular weight excluding hydrogens is 383 g/mol. The molecule has 3 rings (SSSR count). The molecule has 7 nitrogen and oxygen atoms in total. The van der Waals surface area contributed by atoms with Gasteiger partial charge >= 0.3 is 6.18 Å². The van der Waals surface area contributed by atoms with Crippen molar-refractivity contribution in [3.63, 3.8) is 0 Å². The van der Waals surface area contributed by atoms with Crippen LogP contribution < -0.4 is 11.1 Å². The number of carbonyl (C=O) groups excluding carboxylic acids is 2. The van der Waals surface area contributed by atoms with Crippen LogP contribution in [0.5, 0.6) is 0 Å². The molecule has 0 aliphatic rings. The third-order valence-corrected chi connectivity index (χ3v) is 4.57. The molecule has 0 aliphatic heterocycles. The number of primary amides is 1. The molecule has 0 spiro atoms. The van der Waals surface area contributed by atoms with Gasteiger partial charge in [0.2, 0.25) is 5.91 Å². The quantitative estimate of drug-likeness (QED) is 0.616. The minimum Gasteiger partial charge on any atom is -0.366 e. The molecule has 1 atom stereocenters. The molecule has 11 heteroatoms. The standard InChI is InChI=1S/C16H12F3N5O2S/c17-16(18,19)10-3-1-2-8(4-10)12(14-21-7-22-24-14)23-15(26)11-5-9(6-27-11)13(20)25/h1-7,12H,(H2,20,25)(H,23,26)(H,21,22,24). The number of rotatable bonds is 5. The highest BCUT2D eigenvalue weighted by Gasteiger charge is 2.32. The molecule has 0 saturated heterocycles. The summed E-state index contributed by atoms with van der Waals surface area (Å²) in [5.74, 6) is -1.12. The summed E-state index contributed by atoms with van der Waals surface area (Å²) in [5.41, 5.74) is 4.64.